The van der Waals surface area contributed by atoms with E-state index in [1.165, 1.54) is 18.2 Å². The van der Waals surface area contributed by atoms with E-state index in [4.69, 9.17) is 9.26 Å². The highest BCUT2D eigenvalue weighted by Gasteiger charge is 2.14. The molecule has 3 aromatic rings. The molecular formula is C17H15N3O5. The molecule has 0 amide bonds. The Morgan fingerprint density at radius 3 is 2.80 bits per heavy atom. The van der Waals surface area contributed by atoms with E-state index in [1.807, 2.05) is 6.07 Å². The number of nitrogens with zero attached hydrogens (tertiary/aromatic N) is 3. The van der Waals surface area contributed by atoms with Gasteiger partial charge in [-0.25, -0.2) is 0 Å². The Morgan fingerprint density at radius 2 is 2.08 bits per heavy atom. The molecule has 0 aliphatic rings. The van der Waals surface area contributed by atoms with Gasteiger partial charge in [-0.1, -0.05) is 29.4 Å². The molecule has 3 rings (SSSR count). The van der Waals surface area contributed by atoms with Crippen LogP contribution in [0, 0.1) is 17.0 Å². The monoisotopic (exact) mass is 341 g/mol. The summed E-state index contributed by atoms with van der Waals surface area (Å²) < 4.78 is 10.5. The molecule has 25 heavy (non-hydrogen) atoms. The number of non-ortho nitro benzene ring substituents is 1. The van der Waals surface area contributed by atoms with E-state index in [1.54, 1.807) is 31.2 Å². The molecule has 0 aliphatic heterocycles. The van der Waals surface area contributed by atoms with E-state index < -0.39 is 11.0 Å². The van der Waals surface area contributed by atoms with Crippen molar-refractivity contribution in [2.75, 3.05) is 6.61 Å². The van der Waals surface area contributed by atoms with Crippen molar-refractivity contribution in [3.05, 3.63) is 70.1 Å². The van der Waals surface area contributed by atoms with Crippen LogP contribution in [0.25, 0.3) is 11.4 Å². The van der Waals surface area contributed by atoms with Crippen LogP contribution in [0.1, 0.15) is 17.6 Å². The second-order valence-corrected chi connectivity index (χ2v) is 5.34. The predicted molar refractivity (Wildman–Crippen MR) is 88.0 cm³/mol. The van der Waals surface area contributed by atoms with Gasteiger partial charge in [0.15, 0.2) is 0 Å². The fraction of sp³-hybridized carbons (Fsp3) is 0.176. The Labute approximate surface area is 142 Å². The lowest BCUT2D eigenvalue weighted by atomic mass is 10.1. The lowest BCUT2D eigenvalue weighted by Crippen LogP contribution is -2.10. The highest BCUT2D eigenvalue weighted by Crippen LogP contribution is 2.24. The Kier molecular flexibility index (Phi) is 4.71. The first-order chi connectivity index (χ1) is 12.0. The lowest BCUT2D eigenvalue weighted by Gasteiger charge is -2.13. The van der Waals surface area contributed by atoms with Gasteiger partial charge in [-0.15, -0.1) is 0 Å². The SMILES string of the molecule is Cc1nc(-c2cccc(OCC(O)c3cccc([N+](=O)[O-])c3)c2)no1. The van der Waals surface area contributed by atoms with Gasteiger partial charge in [0.2, 0.25) is 11.7 Å². The summed E-state index contributed by atoms with van der Waals surface area (Å²) >= 11 is 0. The number of aromatic nitrogens is 2. The van der Waals surface area contributed by atoms with Crippen molar-refractivity contribution in [3.63, 3.8) is 0 Å². The maximum atomic E-state index is 10.8. The van der Waals surface area contributed by atoms with Gasteiger partial charge in [-0.3, -0.25) is 10.1 Å². The summed E-state index contributed by atoms with van der Waals surface area (Å²) in [7, 11) is 0. The van der Waals surface area contributed by atoms with Gasteiger partial charge in [-0.05, 0) is 17.7 Å². The molecule has 2 aromatic carbocycles. The number of aliphatic hydroxyl groups is 1. The minimum absolute atomic E-state index is 0.0457. The molecule has 1 heterocycles. The molecule has 0 fully saturated rings. The van der Waals surface area contributed by atoms with Crippen molar-refractivity contribution in [2.45, 2.75) is 13.0 Å². The van der Waals surface area contributed by atoms with Crippen LogP contribution in [0.15, 0.2) is 53.1 Å². The van der Waals surface area contributed by atoms with Crippen LogP contribution in [-0.2, 0) is 0 Å². The van der Waals surface area contributed by atoms with E-state index in [-0.39, 0.29) is 12.3 Å². The summed E-state index contributed by atoms with van der Waals surface area (Å²) in [4.78, 5) is 14.4. The maximum absolute atomic E-state index is 10.8. The number of ether oxygens (including phenoxy) is 1. The topological polar surface area (TPSA) is 112 Å². The largest absolute Gasteiger partial charge is 0.491 e. The summed E-state index contributed by atoms with van der Waals surface area (Å²) in [6.45, 7) is 1.65. The van der Waals surface area contributed by atoms with Crippen molar-refractivity contribution in [2.24, 2.45) is 0 Å². The van der Waals surface area contributed by atoms with Crippen LogP contribution in [-0.4, -0.2) is 26.8 Å². The molecule has 8 heteroatoms. The van der Waals surface area contributed by atoms with Gasteiger partial charge < -0.3 is 14.4 Å². The molecule has 8 nitrogen and oxygen atoms in total. The number of nitro benzene ring substituents is 1. The predicted octanol–water partition coefficient (Wildman–Crippen LogP) is 3.07. The fourth-order valence-corrected chi connectivity index (χ4v) is 2.26. The molecule has 1 unspecified atom stereocenters. The van der Waals surface area contributed by atoms with Crippen LogP contribution in [0.2, 0.25) is 0 Å². The van der Waals surface area contributed by atoms with Crippen LogP contribution in [0.5, 0.6) is 5.75 Å². The van der Waals surface area contributed by atoms with Crippen molar-refractivity contribution < 1.29 is 19.3 Å². The lowest BCUT2D eigenvalue weighted by molar-refractivity contribution is -0.385. The van der Waals surface area contributed by atoms with Crippen LogP contribution < -0.4 is 4.74 Å². The zero-order valence-corrected chi connectivity index (χ0v) is 13.3. The fourth-order valence-electron chi connectivity index (χ4n) is 2.26. The molecule has 0 saturated carbocycles. The van der Waals surface area contributed by atoms with E-state index in [9.17, 15) is 15.2 Å². The van der Waals surface area contributed by atoms with Gasteiger partial charge in [-0.2, -0.15) is 4.98 Å². The second-order valence-electron chi connectivity index (χ2n) is 5.34. The molecule has 1 N–H and O–H groups in total. The summed E-state index contributed by atoms with van der Waals surface area (Å²) in [5.74, 6) is 1.43. The van der Waals surface area contributed by atoms with Crippen LogP contribution >= 0.6 is 0 Å². The summed E-state index contributed by atoms with van der Waals surface area (Å²) in [5.41, 5.74) is 1.06. The number of hydrogen-bond donors (Lipinski definition) is 1. The third-order valence-electron chi connectivity index (χ3n) is 3.49. The zero-order chi connectivity index (χ0) is 17.8. The molecule has 128 valence electrons. The van der Waals surface area contributed by atoms with Crippen molar-refractivity contribution in [3.8, 4) is 17.1 Å². The summed E-state index contributed by atoms with van der Waals surface area (Å²) in [6.07, 6.45) is -0.990. The van der Waals surface area contributed by atoms with Crippen LogP contribution in [0.3, 0.4) is 0 Å². The highest BCUT2D eigenvalue weighted by molar-refractivity contribution is 5.56. The van der Waals surface area contributed by atoms with Crippen molar-refractivity contribution in [1.82, 2.24) is 10.1 Å². The van der Waals surface area contributed by atoms with Gasteiger partial charge in [0.1, 0.15) is 18.5 Å². The van der Waals surface area contributed by atoms with E-state index >= 15 is 0 Å². The smallest absolute Gasteiger partial charge is 0.269 e. The molecule has 0 spiro atoms. The first-order valence-corrected chi connectivity index (χ1v) is 7.49. The number of nitro groups is 1. The zero-order valence-electron chi connectivity index (χ0n) is 13.3. The van der Waals surface area contributed by atoms with Crippen molar-refractivity contribution in [1.29, 1.82) is 0 Å². The number of aryl methyl sites for hydroxylation is 1. The van der Waals surface area contributed by atoms with Gasteiger partial charge >= 0.3 is 0 Å². The average molecular weight is 341 g/mol. The normalized spacial score (nSPS) is 11.9. The number of hydrogen-bond acceptors (Lipinski definition) is 7. The second kappa shape index (κ2) is 7.10. The summed E-state index contributed by atoms with van der Waals surface area (Å²) in [6, 6.07) is 12.9. The number of aliphatic hydroxyl groups excluding tert-OH is 1. The summed E-state index contributed by atoms with van der Waals surface area (Å²) in [5, 5.41) is 24.8. The molecule has 1 aromatic heterocycles. The minimum Gasteiger partial charge on any atom is -0.491 e. The Bertz CT molecular complexity index is 893. The first kappa shape index (κ1) is 16.6. The third-order valence-corrected chi connectivity index (χ3v) is 3.49. The van der Waals surface area contributed by atoms with Gasteiger partial charge in [0.05, 0.1) is 4.92 Å². The average Bonchev–Trinajstić information content (AvgIpc) is 3.06. The van der Waals surface area contributed by atoms with Crippen LogP contribution in [0.4, 0.5) is 5.69 Å². The number of rotatable bonds is 6. The number of benzene rings is 2. The highest BCUT2D eigenvalue weighted by atomic mass is 16.6. The molecule has 0 saturated heterocycles. The van der Waals surface area contributed by atoms with E-state index in [2.05, 4.69) is 10.1 Å². The first-order valence-electron chi connectivity index (χ1n) is 7.49. The Balaban J connectivity index is 1.69. The third kappa shape index (κ3) is 3.99. The Hall–Kier alpha value is -3.26. The van der Waals surface area contributed by atoms with Gasteiger partial charge in [0.25, 0.3) is 5.69 Å². The quantitative estimate of drug-likeness (QED) is 0.541. The molecule has 1 atom stereocenters. The van der Waals surface area contributed by atoms with Crippen molar-refractivity contribution >= 4 is 5.69 Å². The van der Waals surface area contributed by atoms with E-state index in [0.29, 0.717) is 23.0 Å². The molecule has 0 bridgehead atoms. The molecule has 0 aliphatic carbocycles. The minimum atomic E-state index is -0.990. The van der Waals surface area contributed by atoms with Gasteiger partial charge in [0, 0.05) is 24.6 Å². The standard InChI is InChI=1S/C17H15N3O5/c1-11-18-17(19-25-11)13-5-3-7-15(9-13)24-10-16(21)12-4-2-6-14(8-12)20(22)23/h2-9,16,21H,10H2,1H3. The molecule has 0 radical (unpaired) electrons. The molecular weight excluding hydrogens is 326 g/mol. The Morgan fingerprint density at radius 1 is 1.28 bits per heavy atom. The van der Waals surface area contributed by atoms with E-state index in [0.717, 1.165) is 5.56 Å². The maximum Gasteiger partial charge on any atom is 0.269 e.